The standard InChI is InChI=1S/C11H20N4O/c1-14(2)11(16)5-8-12-7-4-10-6-9-15(3)13-10/h6,9,12H,4-5,7-8H2,1-3H3. The number of aromatic nitrogens is 2. The first kappa shape index (κ1) is 12.7. The smallest absolute Gasteiger partial charge is 0.223 e. The quantitative estimate of drug-likeness (QED) is 0.694. The maximum Gasteiger partial charge on any atom is 0.223 e. The summed E-state index contributed by atoms with van der Waals surface area (Å²) in [6, 6.07) is 2.01. The van der Waals surface area contributed by atoms with Gasteiger partial charge in [-0.05, 0) is 6.07 Å². The molecule has 1 amide bonds. The van der Waals surface area contributed by atoms with Crippen molar-refractivity contribution in [1.29, 1.82) is 0 Å². The van der Waals surface area contributed by atoms with Crippen molar-refractivity contribution in [2.75, 3.05) is 27.2 Å². The van der Waals surface area contributed by atoms with Gasteiger partial charge in [-0.25, -0.2) is 0 Å². The van der Waals surface area contributed by atoms with Crippen LogP contribution in [0.15, 0.2) is 12.3 Å². The van der Waals surface area contributed by atoms with Gasteiger partial charge in [0.15, 0.2) is 0 Å². The van der Waals surface area contributed by atoms with Gasteiger partial charge >= 0.3 is 0 Å². The average Bonchev–Trinajstić information content (AvgIpc) is 2.63. The van der Waals surface area contributed by atoms with Crippen molar-refractivity contribution in [3.05, 3.63) is 18.0 Å². The number of rotatable bonds is 6. The van der Waals surface area contributed by atoms with Gasteiger partial charge in [-0.3, -0.25) is 9.48 Å². The molecule has 1 aromatic heterocycles. The van der Waals surface area contributed by atoms with Crippen LogP contribution in [-0.4, -0.2) is 47.8 Å². The summed E-state index contributed by atoms with van der Waals surface area (Å²) in [5, 5.41) is 7.51. The third kappa shape index (κ3) is 4.44. The van der Waals surface area contributed by atoms with Crippen LogP contribution in [0.3, 0.4) is 0 Å². The van der Waals surface area contributed by atoms with Crippen molar-refractivity contribution >= 4 is 5.91 Å². The Balaban J connectivity index is 2.06. The highest BCUT2D eigenvalue weighted by atomic mass is 16.2. The Morgan fingerprint density at radius 3 is 2.81 bits per heavy atom. The number of aryl methyl sites for hydroxylation is 1. The van der Waals surface area contributed by atoms with Crippen LogP contribution in [-0.2, 0) is 18.3 Å². The molecule has 0 unspecified atom stereocenters. The predicted octanol–water partition coefficient (Wildman–Crippen LogP) is 0.0305. The number of hydrogen-bond acceptors (Lipinski definition) is 3. The molecule has 5 heteroatoms. The summed E-state index contributed by atoms with van der Waals surface area (Å²) in [5.74, 6) is 0.158. The minimum atomic E-state index is 0.158. The first-order valence-electron chi connectivity index (χ1n) is 5.49. The molecule has 0 atom stereocenters. The van der Waals surface area contributed by atoms with Crippen LogP contribution in [0.1, 0.15) is 12.1 Å². The van der Waals surface area contributed by atoms with Crippen LogP contribution in [0.2, 0.25) is 0 Å². The van der Waals surface area contributed by atoms with E-state index in [1.807, 2.05) is 19.3 Å². The van der Waals surface area contributed by atoms with Crippen LogP contribution in [0.4, 0.5) is 0 Å². The molecule has 0 bridgehead atoms. The van der Waals surface area contributed by atoms with Crippen molar-refractivity contribution < 1.29 is 4.79 Å². The zero-order valence-electron chi connectivity index (χ0n) is 10.2. The molecule has 0 aliphatic carbocycles. The summed E-state index contributed by atoms with van der Waals surface area (Å²) in [6.07, 6.45) is 3.39. The molecule has 1 N–H and O–H groups in total. The van der Waals surface area contributed by atoms with Crippen LogP contribution < -0.4 is 5.32 Å². The lowest BCUT2D eigenvalue weighted by Crippen LogP contribution is -2.27. The van der Waals surface area contributed by atoms with Gasteiger partial charge in [0.25, 0.3) is 0 Å². The summed E-state index contributed by atoms with van der Waals surface area (Å²) in [6.45, 7) is 1.58. The van der Waals surface area contributed by atoms with E-state index in [1.165, 1.54) is 0 Å². The molecule has 0 spiro atoms. The fourth-order valence-electron chi connectivity index (χ4n) is 1.36. The maximum absolute atomic E-state index is 11.2. The number of amides is 1. The third-order valence-corrected chi connectivity index (χ3v) is 2.34. The second-order valence-electron chi connectivity index (χ2n) is 4.02. The lowest BCUT2D eigenvalue weighted by Gasteiger charge is -2.10. The molecule has 90 valence electrons. The largest absolute Gasteiger partial charge is 0.349 e. The number of nitrogens with zero attached hydrogens (tertiary/aromatic N) is 3. The van der Waals surface area contributed by atoms with Gasteiger partial charge in [0.1, 0.15) is 0 Å². The summed E-state index contributed by atoms with van der Waals surface area (Å²) in [7, 11) is 5.46. The first-order chi connectivity index (χ1) is 7.59. The first-order valence-corrected chi connectivity index (χ1v) is 5.49. The van der Waals surface area contributed by atoms with Crippen molar-refractivity contribution in [1.82, 2.24) is 20.0 Å². The van der Waals surface area contributed by atoms with E-state index in [2.05, 4.69) is 10.4 Å². The van der Waals surface area contributed by atoms with E-state index in [0.29, 0.717) is 6.42 Å². The minimum Gasteiger partial charge on any atom is -0.349 e. The molecule has 0 fully saturated rings. The Bertz CT molecular complexity index is 332. The molecular weight excluding hydrogens is 204 g/mol. The van der Waals surface area contributed by atoms with E-state index < -0.39 is 0 Å². The summed E-state index contributed by atoms with van der Waals surface area (Å²) in [4.78, 5) is 12.9. The number of carbonyl (C=O) groups is 1. The molecule has 0 saturated heterocycles. The van der Waals surface area contributed by atoms with Crippen LogP contribution in [0, 0.1) is 0 Å². The van der Waals surface area contributed by atoms with Crippen molar-refractivity contribution in [2.45, 2.75) is 12.8 Å². The topological polar surface area (TPSA) is 50.2 Å². The molecule has 16 heavy (non-hydrogen) atoms. The predicted molar refractivity (Wildman–Crippen MR) is 63.1 cm³/mol. The third-order valence-electron chi connectivity index (χ3n) is 2.34. The molecule has 1 rings (SSSR count). The molecule has 0 aromatic carbocycles. The molecular formula is C11H20N4O. The molecule has 1 aromatic rings. The fraction of sp³-hybridized carbons (Fsp3) is 0.636. The average molecular weight is 224 g/mol. The molecule has 0 saturated carbocycles. The molecule has 0 aliphatic heterocycles. The normalized spacial score (nSPS) is 10.4. The van der Waals surface area contributed by atoms with E-state index >= 15 is 0 Å². The van der Waals surface area contributed by atoms with Gasteiger partial charge < -0.3 is 10.2 Å². The Hall–Kier alpha value is -1.36. The Kier molecular flexibility index (Phi) is 4.98. The Morgan fingerprint density at radius 1 is 1.50 bits per heavy atom. The number of nitrogens with one attached hydrogen (secondary N) is 1. The van der Waals surface area contributed by atoms with E-state index in [4.69, 9.17) is 0 Å². The monoisotopic (exact) mass is 224 g/mol. The van der Waals surface area contributed by atoms with Gasteiger partial charge in [-0.15, -0.1) is 0 Å². The number of carbonyl (C=O) groups excluding carboxylic acids is 1. The van der Waals surface area contributed by atoms with Gasteiger partial charge in [0.2, 0.25) is 5.91 Å². The lowest BCUT2D eigenvalue weighted by molar-refractivity contribution is -0.128. The summed E-state index contributed by atoms with van der Waals surface area (Å²) >= 11 is 0. The second-order valence-corrected chi connectivity index (χ2v) is 4.02. The van der Waals surface area contributed by atoms with Gasteiger partial charge in [-0.2, -0.15) is 5.10 Å². The SMILES string of the molecule is CN(C)C(=O)CCNCCc1ccn(C)n1. The summed E-state index contributed by atoms with van der Waals surface area (Å²) < 4.78 is 1.80. The zero-order chi connectivity index (χ0) is 12.0. The Labute approximate surface area is 96.4 Å². The number of hydrogen-bond donors (Lipinski definition) is 1. The van der Waals surface area contributed by atoms with Crippen molar-refractivity contribution in [3.63, 3.8) is 0 Å². The minimum absolute atomic E-state index is 0.158. The highest BCUT2D eigenvalue weighted by Crippen LogP contribution is 1.94. The van der Waals surface area contributed by atoms with Gasteiger partial charge in [0.05, 0.1) is 5.69 Å². The highest BCUT2D eigenvalue weighted by Gasteiger charge is 2.02. The van der Waals surface area contributed by atoms with E-state index in [-0.39, 0.29) is 5.91 Å². The van der Waals surface area contributed by atoms with E-state index in [0.717, 1.165) is 25.2 Å². The molecule has 1 heterocycles. The lowest BCUT2D eigenvalue weighted by atomic mass is 10.3. The van der Waals surface area contributed by atoms with Crippen LogP contribution in [0.5, 0.6) is 0 Å². The van der Waals surface area contributed by atoms with Crippen LogP contribution >= 0.6 is 0 Å². The molecule has 0 aliphatic rings. The van der Waals surface area contributed by atoms with E-state index in [9.17, 15) is 4.79 Å². The van der Waals surface area contributed by atoms with Crippen LogP contribution in [0.25, 0.3) is 0 Å². The Morgan fingerprint density at radius 2 is 2.25 bits per heavy atom. The van der Waals surface area contributed by atoms with Gasteiger partial charge in [0, 0.05) is 53.3 Å². The maximum atomic E-state index is 11.2. The van der Waals surface area contributed by atoms with Gasteiger partial charge in [-0.1, -0.05) is 0 Å². The zero-order valence-corrected chi connectivity index (χ0v) is 10.2. The summed E-state index contributed by atoms with van der Waals surface area (Å²) in [5.41, 5.74) is 1.08. The van der Waals surface area contributed by atoms with E-state index in [1.54, 1.807) is 23.7 Å². The van der Waals surface area contributed by atoms with Crippen molar-refractivity contribution in [2.24, 2.45) is 7.05 Å². The second kappa shape index (κ2) is 6.27. The molecule has 5 nitrogen and oxygen atoms in total. The molecule has 0 radical (unpaired) electrons. The fourth-order valence-corrected chi connectivity index (χ4v) is 1.36. The highest BCUT2D eigenvalue weighted by molar-refractivity contribution is 5.75. The van der Waals surface area contributed by atoms with Crippen molar-refractivity contribution in [3.8, 4) is 0 Å².